The highest BCUT2D eigenvalue weighted by atomic mass is 16.5. The maximum Gasteiger partial charge on any atom is 0.261 e. The molecule has 0 fully saturated rings. The molecule has 0 radical (unpaired) electrons. The zero-order valence-corrected chi connectivity index (χ0v) is 13.3. The summed E-state index contributed by atoms with van der Waals surface area (Å²) in [6.07, 6.45) is 0.645. The van der Waals surface area contributed by atoms with Crippen molar-refractivity contribution in [2.75, 3.05) is 5.32 Å². The van der Waals surface area contributed by atoms with E-state index in [-0.39, 0.29) is 11.3 Å². The Morgan fingerprint density at radius 1 is 1.24 bits per heavy atom. The van der Waals surface area contributed by atoms with E-state index in [1.165, 1.54) is 5.56 Å². The van der Waals surface area contributed by atoms with Crippen LogP contribution in [-0.2, 0) is 11.8 Å². The van der Waals surface area contributed by atoms with Crippen molar-refractivity contribution in [1.29, 1.82) is 0 Å². The number of carbonyl (C=O) groups is 1. The Morgan fingerprint density at radius 3 is 2.38 bits per heavy atom. The Morgan fingerprint density at radius 2 is 1.86 bits per heavy atom. The van der Waals surface area contributed by atoms with Crippen molar-refractivity contribution in [3.63, 3.8) is 0 Å². The van der Waals surface area contributed by atoms with Gasteiger partial charge in [-0.3, -0.25) is 4.79 Å². The molecule has 1 aromatic carbocycles. The predicted octanol–water partition coefficient (Wildman–Crippen LogP) is 4.10. The molecule has 1 aromatic heterocycles. The molecule has 0 saturated heterocycles. The van der Waals surface area contributed by atoms with Gasteiger partial charge in [-0.05, 0) is 30.0 Å². The van der Waals surface area contributed by atoms with Gasteiger partial charge in [-0.25, -0.2) is 0 Å². The molecule has 2 aromatic rings. The van der Waals surface area contributed by atoms with Gasteiger partial charge < -0.3 is 9.84 Å². The SMILES string of the molecule is CCc1onc(C)c1C(=O)Nc1ccc(C(C)(C)C)cc1. The number of carbonyl (C=O) groups excluding carboxylic acids is 1. The fourth-order valence-corrected chi connectivity index (χ4v) is 2.20. The molecule has 0 aliphatic rings. The van der Waals surface area contributed by atoms with Crippen molar-refractivity contribution in [2.45, 2.75) is 46.5 Å². The fourth-order valence-electron chi connectivity index (χ4n) is 2.20. The van der Waals surface area contributed by atoms with Crippen LogP contribution in [0.1, 0.15) is 55.1 Å². The smallest absolute Gasteiger partial charge is 0.261 e. The molecule has 0 aliphatic carbocycles. The molecular formula is C17H22N2O2. The Balaban J connectivity index is 2.18. The van der Waals surface area contributed by atoms with Gasteiger partial charge in [-0.1, -0.05) is 45.0 Å². The lowest BCUT2D eigenvalue weighted by atomic mass is 9.87. The maximum atomic E-state index is 12.3. The lowest BCUT2D eigenvalue weighted by Crippen LogP contribution is -2.15. The summed E-state index contributed by atoms with van der Waals surface area (Å²) in [6.45, 7) is 10.2. The number of hydrogen-bond donors (Lipinski definition) is 1. The zero-order valence-electron chi connectivity index (χ0n) is 13.3. The van der Waals surface area contributed by atoms with Gasteiger partial charge in [0.05, 0.1) is 5.69 Å². The van der Waals surface area contributed by atoms with Crippen molar-refractivity contribution in [1.82, 2.24) is 5.16 Å². The molecular weight excluding hydrogens is 264 g/mol. The van der Waals surface area contributed by atoms with E-state index in [1.807, 2.05) is 31.2 Å². The first-order valence-electron chi connectivity index (χ1n) is 7.20. The molecule has 21 heavy (non-hydrogen) atoms. The monoisotopic (exact) mass is 286 g/mol. The number of hydrogen-bond acceptors (Lipinski definition) is 3. The number of nitrogens with one attached hydrogen (secondary N) is 1. The average molecular weight is 286 g/mol. The zero-order chi connectivity index (χ0) is 15.6. The third-order valence-corrected chi connectivity index (χ3v) is 3.49. The van der Waals surface area contributed by atoms with Crippen LogP contribution in [0.5, 0.6) is 0 Å². The van der Waals surface area contributed by atoms with Gasteiger partial charge in [0.15, 0.2) is 0 Å². The van der Waals surface area contributed by atoms with E-state index in [2.05, 4.69) is 31.2 Å². The van der Waals surface area contributed by atoms with E-state index >= 15 is 0 Å². The minimum absolute atomic E-state index is 0.100. The summed E-state index contributed by atoms with van der Waals surface area (Å²) in [7, 11) is 0. The number of benzene rings is 1. The van der Waals surface area contributed by atoms with Gasteiger partial charge in [0.1, 0.15) is 11.3 Å². The average Bonchev–Trinajstić information content (AvgIpc) is 2.79. The van der Waals surface area contributed by atoms with Gasteiger partial charge >= 0.3 is 0 Å². The normalized spacial score (nSPS) is 11.5. The third kappa shape index (κ3) is 3.32. The molecule has 4 nitrogen and oxygen atoms in total. The summed E-state index contributed by atoms with van der Waals surface area (Å²) in [4.78, 5) is 12.3. The number of anilines is 1. The van der Waals surface area contributed by atoms with Crippen LogP contribution in [0.2, 0.25) is 0 Å². The molecule has 0 bridgehead atoms. The second-order valence-electron chi connectivity index (χ2n) is 6.20. The Labute approximate surface area is 125 Å². The number of aryl methyl sites for hydroxylation is 2. The summed E-state index contributed by atoms with van der Waals surface area (Å²) in [5, 5.41) is 6.76. The van der Waals surface area contributed by atoms with Crippen molar-refractivity contribution in [3.8, 4) is 0 Å². The fraction of sp³-hybridized carbons (Fsp3) is 0.412. The molecule has 0 atom stereocenters. The summed E-state index contributed by atoms with van der Waals surface area (Å²) in [6, 6.07) is 7.92. The first kappa shape index (κ1) is 15.3. The molecule has 1 amide bonds. The van der Waals surface area contributed by atoms with Gasteiger partial charge in [-0.15, -0.1) is 0 Å². The first-order chi connectivity index (χ1) is 9.82. The van der Waals surface area contributed by atoms with Gasteiger partial charge in [0.2, 0.25) is 0 Å². The lowest BCUT2D eigenvalue weighted by molar-refractivity contribution is 0.102. The first-order valence-corrected chi connectivity index (χ1v) is 7.20. The van der Waals surface area contributed by atoms with E-state index in [0.29, 0.717) is 23.4 Å². The van der Waals surface area contributed by atoms with Crippen LogP contribution in [-0.4, -0.2) is 11.1 Å². The van der Waals surface area contributed by atoms with Gasteiger partial charge in [-0.2, -0.15) is 0 Å². The molecule has 4 heteroatoms. The highest BCUT2D eigenvalue weighted by Gasteiger charge is 2.19. The largest absolute Gasteiger partial charge is 0.360 e. The van der Waals surface area contributed by atoms with Crippen molar-refractivity contribution in [3.05, 3.63) is 46.8 Å². The van der Waals surface area contributed by atoms with Crippen LogP contribution in [0.4, 0.5) is 5.69 Å². The molecule has 0 aliphatic heterocycles. The van der Waals surface area contributed by atoms with Gasteiger partial charge in [0.25, 0.3) is 5.91 Å². The number of amides is 1. The summed E-state index contributed by atoms with van der Waals surface area (Å²) >= 11 is 0. The van der Waals surface area contributed by atoms with Crippen LogP contribution < -0.4 is 5.32 Å². The number of aromatic nitrogens is 1. The maximum absolute atomic E-state index is 12.3. The van der Waals surface area contributed by atoms with Crippen LogP contribution in [0.15, 0.2) is 28.8 Å². The van der Waals surface area contributed by atoms with E-state index in [9.17, 15) is 4.79 Å². The summed E-state index contributed by atoms with van der Waals surface area (Å²) < 4.78 is 5.16. The lowest BCUT2D eigenvalue weighted by Gasteiger charge is -2.19. The molecule has 0 saturated carbocycles. The highest BCUT2D eigenvalue weighted by molar-refractivity contribution is 6.05. The summed E-state index contributed by atoms with van der Waals surface area (Å²) in [5.41, 5.74) is 3.27. The topological polar surface area (TPSA) is 55.1 Å². The molecule has 112 valence electrons. The van der Waals surface area contributed by atoms with Crippen LogP contribution >= 0.6 is 0 Å². The Kier molecular flexibility index (Phi) is 4.16. The standard InChI is InChI=1S/C17H22N2O2/c1-6-14-15(11(2)19-21-14)16(20)18-13-9-7-12(8-10-13)17(3,4)5/h7-10H,6H2,1-5H3,(H,18,20). The van der Waals surface area contributed by atoms with Crippen LogP contribution in [0.3, 0.4) is 0 Å². The number of rotatable bonds is 3. The van der Waals surface area contributed by atoms with E-state index in [1.54, 1.807) is 6.92 Å². The van der Waals surface area contributed by atoms with Crippen LogP contribution in [0.25, 0.3) is 0 Å². The molecule has 0 unspecified atom stereocenters. The van der Waals surface area contributed by atoms with Crippen molar-refractivity contribution >= 4 is 11.6 Å². The molecule has 0 spiro atoms. The molecule has 1 N–H and O–H groups in total. The highest BCUT2D eigenvalue weighted by Crippen LogP contribution is 2.24. The van der Waals surface area contributed by atoms with Gasteiger partial charge in [0, 0.05) is 12.1 Å². The van der Waals surface area contributed by atoms with Crippen molar-refractivity contribution < 1.29 is 9.32 Å². The minimum atomic E-state index is -0.172. The van der Waals surface area contributed by atoms with E-state index in [0.717, 1.165) is 5.69 Å². The predicted molar refractivity (Wildman–Crippen MR) is 83.7 cm³/mol. The Hall–Kier alpha value is -2.10. The summed E-state index contributed by atoms with van der Waals surface area (Å²) in [5.74, 6) is 0.449. The van der Waals surface area contributed by atoms with E-state index < -0.39 is 0 Å². The quantitative estimate of drug-likeness (QED) is 0.924. The Bertz CT molecular complexity index is 634. The second-order valence-corrected chi connectivity index (χ2v) is 6.20. The third-order valence-electron chi connectivity index (χ3n) is 3.49. The molecule has 2 rings (SSSR count). The molecule has 1 heterocycles. The van der Waals surface area contributed by atoms with Crippen LogP contribution in [0, 0.1) is 6.92 Å². The van der Waals surface area contributed by atoms with Crippen molar-refractivity contribution in [2.24, 2.45) is 0 Å². The minimum Gasteiger partial charge on any atom is -0.360 e. The number of nitrogens with zero attached hydrogens (tertiary/aromatic N) is 1. The second kappa shape index (κ2) is 5.72. The van der Waals surface area contributed by atoms with E-state index in [4.69, 9.17) is 4.52 Å².